The molecule has 1 N–H and O–H groups in total. The largest absolute Gasteiger partial charge is 0.492 e. The molecule has 1 rings (SSSR count). The van der Waals surface area contributed by atoms with E-state index in [4.69, 9.17) is 9.94 Å². The van der Waals surface area contributed by atoms with Crippen molar-refractivity contribution in [3.63, 3.8) is 0 Å². The predicted molar refractivity (Wildman–Crippen MR) is 59.9 cm³/mol. The lowest BCUT2D eigenvalue weighted by Gasteiger charge is -2.10. The zero-order valence-corrected chi connectivity index (χ0v) is 9.05. The second kappa shape index (κ2) is 6.03. The van der Waals surface area contributed by atoms with Crippen LogP contribution in [0.1, 0.15) is 5.56 Å². The molecule has 0 spiro atoms. The van der Waals surface area contributed by atoms with E-state index in [1.165, 1.54) is 6.21 Å². The van der Waals surface area contributed by atoms with Crippen LogP contribution in [0.5, 0.6) is 5.75 Å². The fourth-order valence-corrected chi connectivity index (χ4v) is 1.06. The maximum atomic E-state index is 8.32. The highest BCUT2D eigenvalue weighted by Gasteiger charge is 1.94. The summed E-state index contributed by atoms with van der Waals surface area (Å²) in [5, 5.41) is 11.3. The minimum Gasteiger partial charge on any atom is -0.492 e. The molecule has 4 heteroatoms. The Bertz CT molecular complexity index is 307. The minimum atomic E-state index is 0.667. The van der Waals surface area contributed by atoms with Gasteiger partial charge < -0.3 is 14.8 Å². The summed E-state index contributed by atoms with van der Waals surface area (Å²) >= 11 is 0. The van der Waals surface area contributed by atoms with E-state index in [1.54, 1.807) is 0 Å². The van der Waals surface area contributed by atoms with E-state index in [-0.39, 0.29) is 0 Å². The van der Waals surface area contributed by atoms with Crippen molar-refractivity contribution in [3.8, 4) is 5.75 Å². The van der Waals surface area contributed by atoms with Crippen molar-refractivity contribution >= 4 is 6.21 Å². The van der Waals surface area contributed by atoms with E-state index in [9.17, 15) is 0 Å². The van der Waals surface area contributed by atoms with E-state index in [2.05, 4.69) is 10.1 Å². The van der Waals surface area contributed by atoms with Gasteiger partial charge in [-0.1, -0.05) is 5.16 Å². The fourth-order valence-electron chi connectivity index (χ4n) is 1.06. The van der Waals surface area contributed by atoms with Gasteiger partial charge in [0.15, 0.2) is 0 Å². The van der Waals surface area contributed by atoms with Gasteiger partial charge in [-0.2, -0.15) is 0 Å². The monoisotopic (exact) mass is 208 g/mol. The Morgan fingerprint density at radius 3 is 2.53 bits per heavy atom. The third-order valence-corrected chi connectivity index (χ3v) is 1.89. The predicted octanol–water partition coefficient (Wildman–Crippen LogP) is 1.44. The van der Waals surface area contributed by atoms with Gasteiger partial charge in [0.25, 0.3) is 0 Å². The molecule has 82 valence electrons. The van der Waals surface area contributed by atoms with Gasteiger partial charge in [-0.25, -0.2) is 0 Å². The number of oxime groups is 1. The summed E-state index contributed by atoms with van der Waals surface area (Å²) in [4.78, 5) is 2.06. The Kier molecular flexibility index (Phi) is 4.63. The van der Waals surface area contributed by atoms with E-state index in [0.717, 1.165) is 17.9 Å². The first kappa shape index (κ1) is 11.5. The van der Waals surface area contributed by atoms with Crippen LogP contribution in [-0.2, 0) is 0 Å². The van der Waals surface area contributed by atoms with Crippen molar-refractivity contribution in [2.45, 2.75) is 0 Å². The number of hydrogen-bond donors (Lipinski definition) is 1. The lowest BCUT2D eigenvalue weighted by molar-refractivity contribution is 0.261. The van der Waals surface area contributed by atoms with Gasteiger partial charge in [-0.05, 0) is 43.9 Å². The van der Waals surface area contributed by atoms with Crippen LogP contribution in [0.3, 0.4) is 0 Å². The number of hydrogen-bond acceptors (Lipinski definition) is 4. The van der Waals surface area contributed by atoms with Crippen LogP contribution in [0, 0.1) is 0 Å². The number of nitrogens with zero attached hydrogens (tertiary/aromatic N) is 2. The van der Waals surface area contributed by atoms with Crippen LogP contribution in [0.2, 0.25) is 0 Å². The summed E-state index contributed by atoms with van der Waals surface area (Å²) in [5.41, 5.74) is 0.845. The first-order valence-corrected chi connectivity index (χ1v) is 4.77. The molecule has 0 aromatic heterocycles. The van der Waals surface area contributed by atoms with Crippen LogP contribution < -0.4 is 4.74 Å². The van der Waals surface area contributed by atoms with Crippen LogP contribution in [0.25, 0.3) is 0 Å². The molecule has 0 amide bonds. The lowest BCUT2D eigenvalue weighted by Crippen LogP contribution is -2.19. The molecule has 0 saturated carbocycles. The molecule has 0 atom stereocenters. The Morgan fingerprint density at radius 1 is 1.33 bits per heavy atom. The van der Waals surface area contributed by atoms with Gasteiger partial charge in [0.2, 0.25) is 0 Å². The molecule has 0 saturated heterocycles. The van der Waals surface area contributed by atoms with E-state index in [0.29, 0.717) is 6.61 Å². The topological polar surface area (TPSA) is 45.1 Å². The SMILES string of the molecule is CN(C)CCOc1ccc(/C=N/O)cc1. The number of benzene rings is 1. The molecule has 0 aliphatic heterocycles. The van der Waals surface area contributed by atoms with Crippen LogP contribution in [-0.4, -0.2) is 43.6 Å². The van der Waals surface area contributed by atoms with Crippen molar-refractivity contribution in [2.75, 3.05) is 27.2 Å². The number of rotatable bonds is 5. The van der Waals surface area contributed by atoms with Crippen molar-refractivity contribution in [1.82, 2.24) is 4.90 Å². The summed E-state index contributed by atoms with van der Waals surface area (Å²) in [7, 11) is 4.01. The molecule has 0 bridgehead atoms. The van der Waals surface area contributed by atoms with Gasteiger partial charge in [0.1, 0.15) is 12.4 Å². The van der Waals surface area contributed by atoms with Gasteiger partial charge in [0, 0.05) is 6.54 Å². The van der Waals surface area contributed by atoms with Crippen molar-refractivity contribution in [3.05, 3.63) is 29.8 Å². The van der Waals surface area contributed by atoms with E-state index >= 15 is 0 Å². The van der Waals surface area contributed by atoms with Crippen LogP contribution >= 0.6 is 0 Å². The van der Waals surface area contributed by atoms with Crippen molar-refractivity contribution < 1.29 is 9.94 Å². The summed E-state index contributed by atoms with van der Waals surface area (Å²) in [6, 6.07) is 7.38. The van der Waals surface area contributed by atoms with Crippen LogP contribution in [0.15, 0.2) is 29.4 Å². The van der Waals surface area contributed by atoms with Gasteiger partial charge >= 0.3 is 0 Å². The zero-order chi connectivity index (χ0) is 11.1. The average molecular weight is 208 g/mol. The summed E-state index contributed by atoms with van der Waals surface area (Å²) in [6.45, 7) is 1.56. The summed E-state index contributed by atoms with van der Waals surface area (Å²) in [5.74, 6) is 0.826. The first-order chi connectivity index (χ1) is 7.22. The third kappa shape index (κ3) is 4.46. The van der Waals surface area contributed by atoms with Gasteiger partial charge in [0.05, 0.1) is 6.21 Å². The standard InChI is InChI=1S/C11H16N2O2/c1-13(2)7-8-15-11-5-3-10(4-6-11)9-12-14/h3-6,9,14H,7-8H2,1-2H3/b12-9+. The Hall–Kier alpha value is -1.55. The second-order valence-corrected chi connectivity index (χ2v) is 3.47. The first-order valence-electron chi connectivity index (χ1n) is 4.77. The Morgan fingerprint density at radius 2 is 2.00 bits per heavy atom. The molecule has 1 aromatic rings. The quantitative estimate of drug-likeness (QED) is 0.452. The zero-order valence-electron chi connectivity index (χ0n) is 9.05. The molecule has 4 nitrogen and oxygen atoms in total. The lowest BCUT2D eigenvalue weighted by atomic mass is 10.2. The van der Waals surface area contributed by atoms with Gasteiger partial charge in [-0.3, -0.25) is 0 Å². The number of likely N-dealkylation sites (N-methyl/N-ethyl adjacent to an activating group) is 1. The van der Waals surface area contributed by atoms with E-state index < -0.39 is 0 Å². The maximum absolute atomic E-state index is 8.32. The molecule has 0 unspecified atom stereocenters. The summed E-state index contributed by atoms with van der Waals surface area (Å²) < 4.78 is 5.50. The molecule has 1 aromatic carbocycles. The molecule has 0 aliphatic carbocycles. The maximum Gasteiger partial charge on any atom is 0.119 e. The van der Waals surface area contributed by atoms with Crippen LogP contribution in [0.4, 0.5) is 0 Å². The van der Waals surface area contributed by atoms with Crippen molar-refractivity contribution in [2.24, 2.45) is 5.16 Å². The van der Waals surface area contributed by atoms with Crippen molar-refractivity contribution in [1.29, 1.82) is 0 Å². The molecule has 0 radical (unpaired) electrons. The molecule has 0 heterocycles. The summed E-state index contributed by atoms with van der Waals surface area (Å²) in [6.07, 6.45) is 1.38. The fraction of sp³-hybridized carbons (Fsp3) is 0.364. The van der Waals surface area contributed by atoms with Gasteiger partial charge in [-0.15, -0.1) is 0 Å². The van der Waals surface area contributed by atoms with E-state index in [1.807, 2.05) is 38.4 Å². The smallest absolute Gasteiger partial charge is 0.119 e. The third-order valence-electron chi connectivity index (χ3n) is 1.89. The Labute approximate surface area is 89.8 Å². The minimum absolute atomic E-state index is 0.667. The number of ether oxygens (including phenoxy) is 1. The Balaban J connectivity index is 2.42. The second-order valence-electron chi connectivity index (χ2n) is 3.47. The average Bonchev–Trinajstić information content (AvgIpc) is 2.20. The molecular formula is C11H16N2O2. The molecular weight excluding hydrogens is 192 g/mol. The highest BCUT2D eigenvalue weighted by Crippen LogP contribution is 2.10. The molecule has 0 fully saturated rings. The highest BCUT2D eigenvalue weighted by molar-refractivity contribution is 5.79. The molecule has 0 aliphatic rings. The molecule has 15 heavy (non-hydrogen) atoms. The highest BCUT2D eigenvalue weighted by atomic mass is 16.5. The normalized spacial score (nSPS) is 11.1.